The molecule has 0 aliphatic heterocycles. The van der Waals surface area contributed by atoms with Gasteiger partial charge in [-0.1, -0.05) is 122 Å². The molecule has 1 aromatic carbocycles. The van der Waals surface area contributed by atoms with Gasteiger partial charge in [-0.3, -0.25) is 0 Å². The lowest BCUT2D eigenvalue weighted by atomic mass is 10.0. The summed E-state index contributed by atoms with van der Waals surface area (Å²) in [4.78, 5) is 0. The fourth-order valence-corrected chi connectivity index (χ4v) is 4.62. The highest BCUT2D eigenvalue weighted by Gasteiger charge is 2.05. The van der Waals surface area contributed by atoms with Crippen LogP contribution >= 0.6 is 0 Å². The van der Waals surface area contributed by atoms with Crippen molar-refractivity contribution in [3.8, 4) is 11.5 Å². The smallest absolute Gasteiger partial charge is 0.168 e. The summed E-state index contributed by atoms with van der Waals surface area (Å²) in [5.74, 6) is 0.419. The van der Waals surface area contributed by atoms with Gasteiger partial charge in [0.1, 0.15) is 18.0 Å². The van der Waals surface area contributed by atoms with E-state index in [1.165, 1.54) is 109 Å². The van der Waals surface area contributed by atoms with E-state index in [0.717, 1.165) is 19.3 Å². The predicted octanol–water partition coefficient (Wildman–Crippen LogP) is 6.68. The molecular weight excluding hydrogens is 478 g/mol. The highest BCUT2D eigenvalue weighted by atomic mass is 35.5. The molecule has 0 amide bonds. The number of hydrogen-bond acceptors (Lipinski definition) is 2. The molecule has 1 aromatic heterocycles. The van der Waals surface area contributed by atoms with Crippen LogP contribution in [0.5, 0.6) is 11.5 Å². The van der Waals surface area contributed by atoms with E-state index in [1.807, 2.05) is 0 Å². The van der Waals surface area contributed by atoms with E-state index >= 15 is 0 Å². The summed E-state index contributed by atoms with van der Waals surface area (Å²) in [5, 5.41) is 19.0. The first kappa shape index (κ1) is 35.3. The zero-order valence-corrected chi connectivity index (χ0v) is 24.7. The molecule has 0 unspecified atom stereocenters. The first-order chi connectivity index (χ1) is 17.7. The molecule has 2 N–H and O–H groups in total. The minimum Gasteiger partial charge on any atom is -1.00 e. The fourth-order valence-electron chi connectivity index (χ4n) is 4.62. The number of rotatable bonds is 20. The van der Waals surface area contributed by atoms with E-state index in [2.05, 4.69) is 49.0 Å². The highest BCUT2D eigenvalue weighted by molar-refractivity contribution is 5.42. The SMILES string of the molecule is CCCCCCCCCCCCCCCC[n+]1ccccc1.CCCCCCc1c(O)cccc1O.[Cl-]. The van der Waals surface area contributed by atoms with Crippen LogP contribution in [0.25, 0.3) is 0 Å². The van der Waals surface area contributed by atoms with Gasteiger partial charge in [0.25, 0.3) is 0 Å². The lowest BCUT2D eigenvalue weighted by molar-refractivity contribution is -0.697. The summed E-state index contributed by atoms with van der Waals surface area (Å²) in [6.07, 6.45) is 29.8. The van der Waals surface area contributed by atoms with Crippen molar-refractivity contribution in [1.82, 2.24) is 0 Å². The van der Waals surface area contributed by atoms with Gasteiger partial charge in [0.2, 0.25) is 0 Å². The summed E-state index contributed by atoms with van der Waals surface area (Å²) < 4.78 is 2.29. The van der Waals surface area contributed by atoms with Crippen molar-refractivity contribution in [2.24, 2.45) is 0 Å². The number of nitrogens with zero attached hydrogens (tertiary/aromatic N) is 1. The number of aromatic nitrogens is 1. The number of hydrogen-bond donors (Lipinski definition) is 2. The molecule has 0 radical (unpaired) electrons. The van der Waals surface area contributed by atoms with Gasteiger partial charge in [-0.25, -0.2) is 4.57 Å². The number of aromatic hydroxyl groups is 2. The molecule has 0 aliphatic carbocycles. The second-order valence-electron chi connectivity index (χ2n) is 10.3. The number of halogens is 1. The van der Waals surface area contributed by atoms with Gasteiger partial charge in [-0.2, -0.15) is 0 Å². The summed E-state index contributed by atoms with van der Waals surface area (Å²) in [5.41, 5.74) is 0.684. The van der Waals surface area contributed by atoms with Gasteiger partial charge >= 0.3 is 0 Å². The van der Waals surface area contributed by atoms with Gasteiger partial charge < -0.3 is 22.6 Å². The van der Waals surface area contributed by atoms with Crippen LogP contribution in [-0.2, 0) is 13.0 Å². The van der Waals surface area contributed by atoms with E-state index in [9.17, 15) is 10.2 Å². The Balaban J connectivity index is 0.000000747. The molecule has 3 nitrogen and oxygen atoms in total. The Morgan fingerprint density at radius 1 is 0.514 bits per heavy atom. The quantitative estimate of drug-likeness (QED) is 0.147. The average Bonchev–Trinajstić information content (AvgIpc) is 2.89. The molecule has 212 valence electrons. The zero-order chi connectivity index (χ0) is 26.1. The van der Waals surface area contributed by atoms with Crippen LogP contribution in [-0.4, -0.2) is 10.2 Å². The molecule has 0 bridgehead atoms. The molecule has 0 aliphatic rings. The first-order valence-corrected chi connectivity index (χ1v) is 15.1. The third kappa shape index (κ3) is 20.0. The van der Waals surface area contributed by atoms with Crippen LogP contribution in [0, 0.1) is 0 Å². The van der Waals surface area contributed by atoms with Crippen LogP contribution in [0.15, 0.2) is 48.8 Å². The molecular formula is C33H56ClNO2. The molecule has 0 fully saturated rings. The molecule has 0 saturated carbocycles. The number of phenolic OH excluding ortho intramolecular Hbond substituents is 2. The second kappa shape index (κ2) is 25.9. The maximum Gasteiger partial charge on any atom is 0.168 e. The third-order valence-electron chi connectivity index (χ3n) is 6.95. The molecule has 2 rings (SSSR count). The number of aryl methyl sites for hydroxylation is 1. The molecule has 0 saturated heterocycles. The molecule has 1 heterocycles. The number of unbranched alkanes of at least 4 members (excludes halogenated alkanes) is 16. The van der Waals surface area contributed by atoms with Gasteiger partial charge in [-0.05, 0) is 31.4 Å². The van der Waals surface area contributed by atoms with Gasteiger partial charge in [0.05, 0.1) is 0 Å². The third-order valence-corrected chi connectivity index (χ3v) is 6.95. The van der Waals surface area contributed by atoms with Crippen LogP contribution in [0.4, 0.5) is 0 Å². The Kier molecular flexibility index (Phi) is 24.7. The summed E-state index contributed by atoms with van der Waals surface area (Å²) in [6.45, 7) is 5.64. The molecule has 37 heavy (non-hydrogen) atoms. The summed E-state index contributed by atoms with van der Waals surface area (Å²) in [6, 6.07) is 11.2. The van der Waals surface area contributed by atoms with E-state index in [1.54, 1.807) is 18.2 Å². The van der Waals surface area contributed by atoms with E-state index in [-0.39, 0.29) is 23.9 Å². The maximum absolute atomic E-state index is 9.49. The minimum atomic E-state index is 0. The average molecular weight is 534 g/mol. The number of pyridine rings is 1. The van der Waals surface area contributed by atoms with Crippen LogP contribution in [0.3, 0.4) is 0 Å². The van der Waals surface area contributed by atoms with Crippen LogP contribution < -0.4 is 17.0 Å². The first-order valence-electron chi connectivity index (χ1n) is 15.1. The molecule has 4 heteroatoms. The van der Waals surface area contributed by atoms with Crippen molar-refractivity contribution in [3.05, 3.63) is 54.4 Å². The van der Waals surface area contributed by atoms with Gasteiger partial charge in [0, 0.05) is 24.1 Å². The summed E-state index contributed by atoms with van der Waals surface area (Å²) >= 11 is 0. The van der Waals surface area contributed by atoms with Crippen molar-refractivity contribution in [3.63, 3.8) is 0 Å². The van der Waals surface area contributed by atoms with E-state index in [0.29, 0.717) is 5.56 Å². The van der Waals surface area contributed by atoms with E-state index in [4.69, 9.17) is 0 Å². The Morgan fingerprint density at radius 3 is 1.38 bits per heavy atom. The number of benzene rings is 1. The van der Waals surface area contributed by atoms with Crippen LogP contribution in [0.1, 0.15) is 135 Å². The summed E-state index contributed by atoms with van der Waals surface area (Å²) in [7, 11) is 0. The minimum absolute atomic E-state index is 0. The Hall–Kier alpha value is -1.74. The molecule has 0 atom stereocenters. The van der Waals surface area contributed by atoms with Crippen LogP contribution in [0.2, 0.25) is 0 Å². The maximum atomic E-state index is 9.49. The lowest BCUT2D eigenvalue weighted by Crippen LogP contribution is -3.00. The van der Waals surface area contributed by atoms with E-state index < -0.39 is 0 Å². The largest absolute Gasteiger partial charge is 1.00 e. The van der Waals surface area contributed by atoms with Crippen molar-refractivity contribution in [1.29, 1.82) is 0 Å². The highest BCUT2D eigenvalue weighted by Crippen LogP contribution is 2.27. The number of phenols is 2. The van der Waals surface area contributed by atoms with Gasteiger partial charge in [-0.15, -0.1) is 0 Å². The standard InChI is InChI=1S/C21H38N.C12H18O2.ClH/c1-2-3-4-5-6-7-8-9-10-11-12-13-14-16-19-22-20-17-15-18-21-22;1-2-3-4-5-7-10-11(13)8-6-9-12(10)14;/h15,17-18,20-21H,2-14,16,19H2,1H3;6,8-9,13-14H,2-5,7H2,1H3;1H/q+1;;/p-1. The normalized spacial score (nSPS) is 10.4. The van der Waals surface area contributed by atoms with Crippen molar-refractivity contribution in [2.45, 2.75) is 142 Å². The Morgan fingerprint density at radius 2 is 0.919 bits per heavy atom. The second-order valence-corrected chi connectivity index (χ2v) is 10.3. The van der Waals surface area contributed by atoms with Gasteiger partial charge in [0.15, 0.2) is 12.4 Å². The predicted molar refractivity (Wildman–Crippen MR) is 155 cm³/mol. The Bertz CT molecular complexity index is 718. The fraction of sp³-hybridized carbons (Fsp3) is 0.667. The molecule has 0 spiro atoms. The monoisotopic (exact) mass is 533 g/mol. The van der Waals surface area contributed by atoms with Crippen molar-refractivity contribution in [2.75, 3.05) is 0 Å². The zero-order valence-electron chi connectivity index (χ0n) is 24.0. The molecule has 2 aromatic rings. The lowest BCUT2D eigenvalue weighted by Gasteiger charge is -2.06. The topological polar surface area (TPSA) is 44.3 Å². The van der Waals surface area contributed by atoms with Crippen molar-refractivity contribution >= 4 is 0 Å². The van der Waals surface area contributed by atoms with Crippen molar-refractivity contribution < 1.29 is 27.2 Å². The Labute approximate surface area is 235 Å².